The number of rotatable bonds is 6. The van der Waals surface area contributed by atoms with Crippen molar-refractivity contribution < 1.29 is 0 Å². The van der Waals surface area contributed by atoms with Crippen LogP contribution in [-0.4, -0.2) is 68.8 Å². The molecule has 1 aromatic rings. The summed E-state index contributed by atoms with van der Waals surface area (Å²) in [6, 6.07) is 1.20. The average Bonchev–Trinajstić information content (AvgIpc) is 3.29. The van der Waals surface area contributed by atoms with Gasteiger partial charge in [0.15, 0.2) is 11.8 Å². The van der Waals surface area contributed by atoms with Crippen LogP contribution in [0.3, 0.4) is 0 Å². The molecule has 152 valence electrons. The number of guanidine groups is 1. The minimum absolute atomic E-state index is 0.561. The Labute approximate surface area is 164 Å². The lowest BCUT2D eigenvalue weighted by Gasteiger charge is -2.30. The Balaban J connectivity index is 1.71. The number of nitrogens with one attached hydrogen (secondary N) is 1. The number of likely N-dealkylation sites (tertiary alicyclic amines) is 1. The summed E-state index contributed by atoms with van der Waals surface area (Å²) in [5.74, 6) is 2.93. The molecule has 1 saturated heterocycles. The molecule has 7 heteroatoms. The molecular formula is C20H37N7. The molecule has 1 aliphatic carbocycles. The normalized spacial score (nSPS) is 22.0. The van der Waals surface area contributed by atoms with Crippen LogP contribution in [0.25, 0.3) is 0 Å². The maximum atomic E-state index is 4.98. The standard InChI is InChI=1S/C20H37N7/c1-5-26(6-2)18-12-13-27(15-18)20(22-17-10-8-7-9-11-17)21-14-19-24-23-16(3)25(19)4/h17-18H,5-15H2,1-4H3,(H,21,22). The predicted molar refractivity (Wildman–Crippen MR) is 110 cm³/mol. The van der Waals surface area contributed by atoms with Gasteiger partial charge in [0.25, 0.3) is 0 Å². The van der Waals surface area contributed by atoms with Crippen LogP contribution in [-0.2, 0) is 13.6 Å². The van der Waals surface area contributed by atoms with Crippen molar-refractivity contribution in [3.05, 3.63) is 11.6 Å². The van der Waals surface area contributed by atoms with Crippen molar-refractivity contribution in [3.8, 4) is 0 Å². The summed E-state index contributed by atoms with van der Waals surface area (Å²) < 4.78 is 2.03. The average molecular weight is 376 g/mol. The molecule has 1 N–H and O–H groups in total. The number of aryl methyl sites for hydroxylation is 1. The molecule has 27 heavy (non-hydrogen) atoms. The van der Waals surface area contributed by atoms with Crippen LogP contribution in [0.4, 0.5) is 0 Å². The molecule has 7 nitrogen and oxygen atoms in total. The fraction of sp³-hybridized carbons (Fsp3) is 0.850. The molecule has 2 aliphatic rings. The van der Waals surface area contributed by atoms with Crippen molar-refractivity contribution in [1.29, 1.82) is 0 Å². The van der Waals surface area contributed by atoms with Crippen LogP contribution in [0.15, 0.2) is 4.99 Å². The fourth-order valence-electron chi connectivity index (χ4n) is 4.37. The van der Waals surface area contributed by atoms with Gasteiger partial charge in [0, 0.05) is 32.2 Å². The monoisotopic (exact) mass is 375 g/mol. The molecule has 2 heterocycles. The molecule has 1 saturated carbocycles. The third-order valence-corrected chi connectivity index (χ3v) is 6.28. The van der Waals surface area contributed by atoms with Crippen molar-refractivity contribution in [2.75, 3.05) is 26.2 Å². The van der Waals surface area contributed by atoms with Gasteiger partial charge < -0.3 is 14.8 Å². The van der Waals surface area contributed by atoms with Crippen LogP contribution in [0.1, 0.15) is 64.0 Å². The molecule has 0 aromatic carbocycles. The van der Waals surface area contributed by atoms with E-state index in [1.54, 1.807) is 0 Å². The lowest BCUT2D eigenvalue weighted by molar-refractivity contribution is 0.223. The van der Waals surface area contributed by atoms with Crippen LogP contribution in [0.2, 0.25) is 0 Å². The van der Waals surface area contributed by atoms with E-state index >= 15 is 0 Å². The summed E-state index contributed by atoms with van der Waals surface area (Å²) in [6.07, 6.45) is 7.77. The van der Waals surface area contributed by atoms with Crippen LogP contribution < -0.4 is 5.32 Å². The largest absolute Gasteiger partial charge is 0.353 e. The third kappa shape index (κ3) is 5.00. The summed E-state index contributed by atoms with van der Waals surface area (Å²) in [5, 5.41) is 12.2. The Kier molecular flexibility index (Phi) is 7.10. The first-order chi connectivity index (χ1) is 13.1. The first kappa shape index (κ1) is 20.1. The maximum absolute atomic E-state index is 4.98. The Hall–Kier alpha value is -1.63. The van der Waals surface area contributed by atoms with Crippen molar-refractivity contribution in [2.24, 2.45) is 12.0 Å². The molecule has 3 rings (SSSR count). The molecule has 1 atom stereocenters. The second kappa shape index (κ2) is 9.53. The van der Waals surface area contributed by atoms with Gasteiger partial charge in [0.05, 0.1) is 0 Å². The molecule has 0 bridgehead atoms. The van der Waals surface area contributed by atoms with Gasteiger partial charge in [-0.15, -0.1) is 10.2 Å². The predicted octanol–water partition coefficient (Wildman–Crippen LogP) is 2.32. The second-order valence-electron chi connectivity index (χ2n) is 7.95. The van der Waals surface area contributed by atoms with E-state index in [9.17, 15) is 0 Å². The Morgan fingerprint density at radius 2 is 1.89 bits per heavy atom. The van der Waals surface area contributed by atoms with Gasteiger partial charge in [-0.1, -0.05) is 33.1 Å². The van der Waals surface area contributed by atoms with E-state index in [-0.39, 0.29) is 0 Å². The lowest BCUT2D eigenvalue weighted by atomic mass is 9.96. The highest BCUT2D eigenvalue weighted by molar-refractivity contribution is 5.80. The maximum Gasteiger partial charge on any atom is 0.194 e. The van der Waals surface area contributed by atoms with Crippen LogP contribution in [0.5, 0.6) is 0 Å². The van der Waals surface area contributed by atoms with Gasteiger partial charge in [0.1, 0.15) is 12.4 Å². The zero-order chi connectivity index (χ0) is 19.2. The summed E-state index contributed by atoms with van der Waals surface area (Å²) in [6.45, 7) is 11.5. The van der Waals surface area contributed by atoms with Gasteiger partial charge in [-0.3, -0.25) is 4.90 Å². The summed E-state index contributed by atoms with van der Waals surface area (Å²) in [4.78, 5) is 10.0. The van der Waals surface area contributed by atoms with Gasteiger partial charge in [-0.25, -0.2) is 4.99 Å². The van der Waals surface area contributed by atoms with Crippen molar-refractivity contribution in [1.82, 2.24) is 29.9 Å². The van der Waals surface area contributed by atoms with Crippen LogP contribution in [0, 0.1) is 6.92 Å². The van der Waals surface area contributed by atoms with Crippen molar-refractivity contribution in [2.45, 2.75) is 77.9 Å². The molecule has 1 unspecified atom stereocenters. The van der Waals surface area contributed by atoms with Crippen molar-refractivity contribution in [3.63, 3.8) is 0 Å². The summed E-state index contributed by atoms with van der Waals surface area (Å²) in [5.41, 5.74) is 0. The third-order valence-electron chi connectivity index (χ3n) is 6.28. The number of nitrogens with zero attached hydrogens (tertiary/aromatic N) is 6. The number of hydrogen-bond donors (Lipinski definition) is 1. The second-order valence-corrected chi connectivity index (χ2v) is 7.95. The van der Waals surface area contributed by atoms with Crippen molar-refractivity contribution >= 4 is 5.96 Å². The molecular weight excluding hydrogens is 338 g/mol. The minimum atomic E-state index is 0.561. The van der Waals surface area contributed by atoms with E-state index < -0.39 is 0 Å². The minimum Gasteiger partial charge on any atom is -0.353 e. The lowest BCUT2D eigenvalue weighted by Crippen LogP contribution is -2.47. The zero-order valence-electron chi connectivity index (χ0n) is 17.6. The molecule has 1 aromatic heterocycles. The Morgan fingerprint density at radius 1 is 1.15 bits per heavy atom. The molecule has 2 fully saturated rings. The highest BCUT2D eigenvalue weighted by Gasteiger charge is 2.29. The van der Waals surface area contributed by atoms with E-state index in [1.807, 2.05) is 18.5 Å². The quantitative estimate of drug-likeness (QED) is 0.611. The van der Waals surface area contributed by atoms with Gasteiger partial charge in [0.2, 0.25) is 0 Å². The van der Waals surface area contributed by atoms with Gasteiger partial charge in [-0.2, -0.15) is 0 Å². The number of aromatic nitrogens is 3. The van der Waals surface area contributed by atoms with Crippen LogP contribution >= 0.6 is 0 Å². The number of hydrogen-bond acceptors (Lipinski definition) is 4. The molecule has 0 spiro atoms. The topological polar surface area (TPSA) is 61.6 Å². The smallest absolute Gasteiger partial charge is 0.194 e. The molecule has 1 aliphatic heterocycles. The van der Waals surface area contributed by atoms with E-state index in [1.165, 1.54) is 38.5 Å². The van der Waals surface area contributed by atoms with Gasteiger partial charge >= 0.3 is 0 Å². The summed E-state index contributed by atoms with van der Waals surface area (Å²) in [7, 11) is 2.01. The fourth-order valence-corrected chi connectivity index (χ4v) is 4.37. The first-order valence-corrected chi connectivity index (χ1v) is 10.8. The highest BCUT2D eigenvalue weighted by Crippen LogP contribution is 2.20. The number of aliphatic imine (C=N–C) groups is 1. The number of likely N-dealkylation sites (N-methyl/N-ethyl adjacent to an activating group) is 1. The Morgan fingerprint density at radius 3 is 2.52 bits per heavy atom. The highest BCUT2D eigenvalue weighted by atomic mass is 15.4. The SMILES string of the molecule is CCN(CC)C1CCN(C(=NCc2nnc(C)n2C)NC2CCCCC2)C1. The molecule has 0 amide bonds. The summed E-state index contributed by atoms with van der Waals surface area (Å²) >= 11 is 0. The van der Waals surface area contributed by atoms with E-state index in [4.69, 9.17) is 4.99 Å². The van der Waals surface area contributed by atoms with Gasteiger partial charge in [-0.05, 0) is 39.3 Å². The van der Waals surface area contributed by atoms with E-state index in [2.05, 4.69) is 39.2 Å². The molecule has 0 radical (unpaired) electrons. The van der Waals surface area contributed by atoms with E-state index in [0.717, 1.165) is 43.8 Å². The first-order valence-electron chi connectivity index (χ1n) is 10.8. The van der Waals surface area contributed by atoms with E-state index in [0.29, 0.717) is 18.6 Å². The Bertz CT molecular complexity index is 614. The zero-order valence-corrected chi connectivity index (χ0v) is 17.6.